The summed E-state index contributed by atoms with van der Waals surface area (Å²) in [4.78, 5) is 49.1. The molecule has 1 amide bonds. The molecule has 11 nitrogen and oxygen atoms in total. The highest BCUT2D eigenvalue weighted by atomic mass is 16.6. The van der Waals surface area contributed by atoms with Gasteiger partial charge in [0.15, 0.2) is 12.3 Å². The molecular formula is C15H19N3O8. The Morgan fingerprint density at radius 2 is 2.00 bits per heavy atom. The molecular weight excluding hydrogens is 350 g/mol. The number of amides is 1. The van der Waals surface area contributed by atoms with Crippen molar-refractivity contribution in [3.8, 4) is 0 Å². The van der Waals surface area contributed by atoms with Gasteiger partial charge in [-0.25, -0.2) is 4.79 Å². The molecule has 0 radical (unpaired) electrons. The molecule has 0 unspecified atom stereocenters. The molecule has 2 heterocycles. The largest absolute Gasteiger partial charge is 0.463 e. The summed E-state index contributed by atoms with van der Waals surface area (Å²) < 4.78 is 16.4. The summed E-state index contributed by atoms with van der Waals surface area (Å²) in [6, 6.07) is 1.35. The second-order valence-corrected chi connectivity index (χ2v) is 5.62. The van der Waals surface area contributed by atoms with Crippen molar-refractivity contribution in [3.63, 3.8) is 0 Å². The van der Waals surface area contributed by atoms with Gasteiger partial charge in [-0.3, -0.25) is 19.0 Å². The van der Waals surface area contributed by atoms with E-state index in [0.29, 0.717) is 0 Å². The standard InChI is InChI=1S/C15H19N3O8/c1-7(19)16-11-4-5-18(15(23)17-11)14-12(22)13(25-9(3)21)10(26-14)6-24-8(2)20/h4-5,10,12-14,22H,6H2,1-3H3,(H,16,17,19,23)/t10-,12+,13-,14-/m1/s1. The first-order valence-corrected chi connectivity index (χ1v) is 7.70. The molecule has 1 fully saturated rings. The molecule has 2 N–H and O–H groups in total. The van der Waals surface area contributed by atoms with E-state index in [1.54, 1.807) is 0 Å². The number of anilines is 1. The lowest BCUT2D eigenvalue weighted by atomic mass is 10.1. The van der Waals surface area contributed by atoms with Crippen molar-refractivity contribution in [2.45, 2.75) is 45.3 Å². The van der Waals surface area contributed by atoms with Gasteiger partial charge in [-0.1, -0.05) is 0 Å². The molecule has 1 aromatic heterocycles. The van der Waals surface area contributed by atoms with Crippen molar-refractivity contribution in [2.75, 3.05) is 11.9 Å². The van der Waals surface area contributed by atoms with Crippen LogP contribution in [0.5, 0.6) is 0 Å². The highest BCUT2D eigenvalue weighted by molar-refractivity contribution is 5.87. The van der Waals surface area contributed by atoms with Crippen LogP contribution in [0.1, 0.15) is 27.0 Å². The second kappa shape index (κ2) is 8.06. The topological polar surface area (TPSA) is 146 Å². The molecule has 142 valence electrons. The number of carbonyl (C=O) groups is 3. The Morgan fingerprint density at radius 1 is 1.31 bits per heavy atom. The average Bonchev–Trinajstić information content (AvgIpc) is 2.81. The number of esters is 2. The summed E-state index contributed by atoms with van der Waals surface area (Å²) in [5, 5.41) is 12.8. The van der Waals surface area contributed by atoms with Gasteiger partial charge in [0.1, 0.15) is 24.6 Å². The number of aromatic nitrogens is 2. The second-order valence-electron chi connectivity index (χ2n) is 5.62. The Kier molecular flexibility index (Phi) is 6.05. The van der Waals surface area contributed by atoms with E-state index < -0.39 is 48.1 Å². The third-order valence-electron chi connectivity index (χ3n) is 3.47. The van der Waals surface area contributed by atoms with Crippen LogP contribution in [0.3, 0.4) is 0 Å². The number of ether oxygens (including phenoxy) is 3. The lowest BCUT2D eigenvalue weighted by molar-refractivity contribution is -0.157. The van der Waals surface area contributed by atoms with Gasteiger partial charge in [0, 0.05) is 27.0 Å². The highest BCUT2D eigenvalue weighted by Gasteiger charge is 2.47. The molecule has 0 aromatic carbocycles. The molecule has 0 aliphatic carbocycles. The summed E-state index contributed by atoms with van der Waals surface area (Å²) in [6.07, 6.45) is -3.45. The zero-order valence-electron chi connectivity index (χ0n) is 14.4. The minimum Gasteiger partial charge on any atom is -0.463 e. The maximum Gasteiger partial charge on any atom is 0.351 e. The van der Waals surface area contributed by atoms with Gasteiger partial charge < -0.3 is 24.6 Å². The number of hydrogen-bond donors (Lipinski definition) is 2. The molecule has 1 aromatic rings. The number of carbonyl (C=O) groups excluding carboxylic acids is 3. The number of rotatable bonds is 5. The zero-order valence-corrected chi connectivity index (χ0v) is 14.4. The van der Waals surface area contributed by atoms with E-state index in [-0.39, 0.29) is 12.4 Å². The summed E-state index contributed by atoms with van der Waals surface area (Å²) in [5.41, 5.74) is -0.796. The van der Waals surface area contributed by atoms with Crippen LogP contribution in [-0.4, -0.2) is 57.4 Å². The molecule has 1 aliphatic heterocycles. The molecule has 26 heavy (non-hydrogen) atoms. The lowest BCUT2D eigenvalue weighted by Crippen LogP contribution is -2.39. The Balaban J connectivity index is 2.25. The maximum atomic E-state index is 12.2. The monoisotopic (exact) mass is 369 g/mol. The van der Waals surface area contributed by atoms with Crippen molar-refractivity contribution < 1.29 is 33.7 Å². The van der Waals surface area contributed by atoms with Gasteiger partial charge in [0.2, 0.25) is 5.91 Å². The van der Waals surface area contributed by atoms with E-state index in [9.17, 15) is 24.3 Å². The fourth-order valence-corrected chi connectivity index (χ4v) is 2.48. The summed E-state index contributed by atoms with van der Waals surface area (Å²) in [6.45, 7) is 3.34. The molecule has 0 bridgehead atoms. The normalized spacial score (nSPS) is 24.8. The fraction of sp³-hybridized carbons (Fsp3) is 0.533. The molecule has 0 spiro atoms. The fourth-order valence-electron chi connectivity index (χ4n) is 2.48. The van der Waals surface area contributed by atoms with E-state index in [0.717, 1.165) is 11.5 Å². The van der Waals surface area contributed by atoms with E-state index in [4.69, 9.17) is 14.2 Å². The van der Waals surface area contributed by atoms with Crippen LogP contribution in [0, 0.1) is 0 Å². The van der Waals surface area contributed by atoms with Gasteiger partial charge >= 0.3 is 17.6 Å². The number of aliphatic hydroxyl groups is 1. The van der Waals surface area contributed by atoms with Gasteiger partial charge in [-0.05, 0) is 6.07 Å². The summed E-state index contributed by atoms with van der Waals surface area (Å²) in [5.74, 6) is -1.60. The van der Waals surface area contributed by atoms with Crippen LogP contribution in [0.25, 0.3) is 0 Å². The molecule has 4 atom stereocenters. The Hall–Kier alpha value is -2.79. The van der Waals surface area contributed by atoms with E-state index in [1.165, 1.54) is 26.1 Å². The molecule has 11 heteroatoms. The van der Waals surface area contributed by atoms with Crippen molar-refractivity contribution in [2.24, 2.45) is 0 Å². The van der Waals surface area contributed by atoms with E-state index in [1.807, 2.05) is 0 Å². The number of nitrogens with one attached hydrogen (secondary N) is 1. The summed E-state index contributed by atoms with van der Waals surface area (Å²) in [7, 11) is 0. The van der Waals surface area contributed by atoms with Crippen molar-refractivity contribution in [3.05, 3.63) is 22.7 Å². The quantitative estimate of drug-likeness (QED) is 0.621. The third kappa shape index (κ3) is 4.64. The van der Waals surface area contributed by atoms with Gasteiger partial charge in [-0.15, -0.1) is 0 Å². The number of nitrogens with zero attached hydrogens (tertiary/aromatic N) is 2. The van der Waals surface area contributed by atoms with Crippen LogP contribution >= 0.6 is 0 Å². The molecule has 2 rings (SSSR count). The van der Waals surface area contributed by atoms with Gasteiger partial charge in [-0.2, -0.15) is 4.98 Å². The SMILES string of the molecule is CC(=O)Nc1ccn([C@@H]2O[C@H](COC(C)=O)[C@@H](OC(C)=O)[C@@H]2O)c(=O)n1. The summed E-state index contributed by atoms with van der Waals surface area (Å²) >= 11 is 0. The predicted molar refractivity (Wildman–Crippen MR) is 84.9 cm³/mol. The Labute approximate surface area is 147 Å². The smallest absolute Gasteiger partial charge is 0.351 e. The minimum atomic E-state index is -1.40. The number of aliphatic hydroxyl groups excluding tert-OH is 1. The minimum absolute atomic E-state index is 0.0410. The maximum absolute atomic E-state index is 12.2. The third-order valence-corrected chi connectivity index (χ3v) is 3.47. The zero-order chi connectivity index (χ0) is 19.4. The first-order chi connectivity index (χ1) is 12.2. The van der Waals surface area contributed by atoms with E-state index in [2.05, 4.69) is 10.3 Å². The molecule has 1 aliphatic rings. The predicted octanol–water partition coefficient (Wildman–Crippen LogP) is -1.05. The van der Waals surface area contributed by atoms with Crippen LogP contribution < -0.4 is 11.0 Å². The highest BCUT2D eigenvalue weighted by Crippen LogP contribution is 2.31. The van der Waals surface area contributed by atoms with Crippen molar-refractivity contribution in [1.29, 1.82) is 0 Å². The van der Waals surface area contributed by atoms with Crippen LogP contribution in [0.2, 0.25) is 0 Å². The van der Waals surface area contributed by atoms with Crippen molar-refractivity contribution >= 4 is 23.7 Å². The Bertz CT molecular complexity index is 762. The number of hydrogen-bond acceptors (Lipinski definition) is 9. The Morgan fingerprint density at radius 3 is 2.54 bits per heavy atom. The van der Waals surface area contributed by atoms with Crippen LogP contribution in [0.4, 0.5) is 5.82 Å². The molecule has 0 saturated carbocycles. The van der Waals surface area contributed by atoms with Crippen LogP contribution in [-0.2, 0) is 28.6 Å². The van der Waals surface area contributed by atoms with E-state index >= 15 is 0 Å². The van der Waals surface area contributed by atoms with Gasteiger partial charge in [0.25, 0.3) is 0 Å². The van der Waals surface area contributed by atoms with Crippen molar-refractivity contribution in [1.82, 2.24) is 9.55 Å². The average molecular weight is 369 g/mol. The lowest BCUT2D eigenvalue weighted by Gasteiger charge is -2.19. The first-order valence-electron chi connectivity index (χ1n) is 7.70. The van der Waals surface area contributed by atoms with Gasteiger partial charge in [0.05, 0.1) is 0 Å². The molecule has 1 saturated heterocycles. The first kappa shape index (κ1) is 19.5. The van der Waals surface area contributed by atoms with Crippen LogP contribution in [0.15, 0.2) is 17.1 Å².